The van der Waals surface area contributed by atoms with Gasteiger partial charge in [-0.1, -0.05) is 17.7 Å². The summed E-state index contributed by atoms with van der Waals surface area (Å²) in [6.45, 7) is 1.52. The summed E-state index contributed by atoms with van der Waals surface area (Å²) in [5.41, 5.74) is 1.63. The number of hydrogen-bond donors (Lipinski definition) is 0. The van der Waals surface area contributed by atoms with Crippen LogP contribution in [0.3, 0.4) is 0 Å². The second-order valence-electron chi connectivity index (χ2n) is 4.99. The van der Waals surface area contributed by atoms with Crippen molar-refractivity contribution in [3.05, 3.63) is 58.9 Å². The molecule has 1 atom stereocenters. The zero-order chi connectivity index (χ0) is 13.9. The maximum Gasteiger partial charge on any atom is 0.129 e. The molecule has 3 rings (SSSR count). The molecule has 2 aromatic rings. The van der Waals surface area contributed by atoms with Gasteiger partial charge in [-0.3, -0.25) is 14.9 Å². The van der Waals surface area contributed by atoms with Crippen molar-refractivity contribution in [2.75, 3.05) is 6.54 Å². The first-order chi connectivity index (χ1) is 9.74. The van der Waals surface area contributed by atoms with Crippen LogP contribution in [0.2, 0.25) is 5.02 Å². The van der Waals surface area contributed by atoms with Gasteiger partial charge < -0.3 is 0 Å². The predicted molar refractivity (Wildman–Crippen MR) is 75.8 cm³/mol. The zero-order valence-corrected chi connectivity index (χ0v) is 11.7. The minimum Gasteiger partial charge on any atom is -0.290 e. The molecule has 0 aliphatic carbocycles. The molecule has 20 heavy (non-hydrogen) atoms. The third-order valence-electron chi connectivity index (χ3n) is 3.68. The van der Waals surface area contributed by atoms with Crippen molar-refractivity contribution >= 4 is 11.6 Å². The normalized spacial score (nSPS) is 19.4. The molecule has 0 amide bonds. The Morgan fingerprint density at radius 3 is 3.00 bits per heavy atom. The molecular formula is C15H15ClFN3. The first kappa shape index (κ1) is 13.5. The van der Waals surface area contributed by atoms with Crippen LogP contribution < -0.4 is 0 Å². The first-order valence-electron chi connectivity index (χ1n) is 6.68. The highest BCUT2D eigenvalue weighted by molar-refractivity contribution is 6.30. The Kier molecular flexibility index (Phi) is 3.94. The van der Waals surface area contributed by atoms with E-state index in [4.69, 9.17) is 11.6 Å². The van der Waals surface area contributed by atoms with Crippen LogP contribution in [0.1, 0.15) is 30.1 Å². The van der Waals surface area contributed by atoms with Crippen LogP contribution in [-0.4, -0.2) is 21.4 Å². The largest absolute Gasteiger partial charge is 0.290 e. The lowest BCUT2D eigenvalue weighted by Crippen LogP contribution is -2.24. The van der Waals surface area contributed by atoms with Crippen molar-refractivity contribution in [1.29, 1.82) is 0 Å². The molecule has 0 radical (unpaired) electrons. The highest BCUT2D eigenvalue weighted by atomic mass is 35.5. The van der Waals surface area contributed by atoms with Crippen LogP contribution in [0.5, 0.6) is 0 Å². The average molecular weight is 292 g/mol. The molecule has 1 fully saturated rings. The fraction of sp³-hybridized carbons (Fsp3) is 0.333. The number of hydrogen-bond acceptors (Lipinski definition) is 3. The van der Waals surface area contributed by atoms with Gasteiger partial charge in [0.1, 0.15) is 5.82 Å². The molecule has 0 spiro atoms. The SMILES string of the molecule is Fc1cc(Cl)ccc1CN1CCC[C@H]1c1cnccn1. The number of halogens is 2. The Balaban J connectivity index is 1.79. The molecule has 5 heteroatoms. The van der Waals surface area contributed by atoms with Crippen LogP contribution in [-0.2, 0) is 6.54 Å². The first-order valence-corrected chi connectivity index (χ1v) is 7.06. The van der Waals surface area contributed by atoms with Gasteiger partial charge in [0.25, 0.3) is 0 Å². The maximum atomic E-state index is 13.9. The molecule has 0 saturated carbocycles. The van der Waals surface area contributed by atoms with E-state index < -0.39 is 0 Å². The van der Waals surface area contributed by atoms with Gasteiger partial charge in [0, 0.05) is 35.7 Å². The van der Waals surface area contributed by atoms with Gasteiger partial charge in [-0.2, -0.15) is 0 Å². The number of likely N-dealkylation sites (tertiary alicyclic amines) is 1. The van der Waals surface area contributed by atoms with Crippen molar-refractivity contribution in [2.45, 2.75) is 25.4 Å². The van der Waals surface area contributed by atoms with E-state index in [1.165, 1.54) is 6.07 Å². The zero-order valence-electron chi connectivity index (χ0n) is 11.0. The van der Waals surface area contributed by atoms with Gasteiger partial charge in [0.15, 0.2) is 0 Å². The van der Waals surface area contributed by atoms with Crippen LogP contribution in [0.25, 0.3) is 0 Å². The van der Waals surface area contributed by atoms with E-state index in [2.05, 4.69) is 14.9 Å². The third kappa shape index (κ3) is 2.81. The van der Waals surface area contributed by atoms with Crippen LogP contribution >= 0.6 is 11.6 Å². The van der Waals surface area contributed by atoms with Crippen LogP contribution in [0.15, 0.2) is 36.8 Å². The molecule has 1 aromatic carbocycles. The lowest BCUT2D eigenvalue weighted by Gasteiger charge is -2.24. The molecule has 1 saturated heterocycles. The van der Waals surface area contributed by atoms with Crippen molar-refractivity contribution in [2.24, 2.45) is 0 Å². The third-order valence-corrected chi connectivity index (χ3v) is 3.91. The molecule has 104 valence electrons. The van der Waals surface area contributed by atoms with E-state index in [0.717, 1.165) is 25.1 Å². The van der Waals surface area contributed by atoms with Gasteiger partial charge in [-0.05, 0) is 31.5 Å². The minimum absolute atomic E-state index is 0.221. The van der Waals surface area contributed by atoms with Crippen LogP contribution in [0.4, 0.5) is 4.39 Å². The highest BCUT2D eigenvalue weighted by Crippen LogP contribution is 2.32. The highest BCUT2D eigenvalue weighted by Gasteiger charge is 2.27. The molecule has 3 nitrogen and oxygen atoms in total. The second-order valence-corrected chi connectivity index (χ2v) is 5.43. The Labute approximate surface area is 122 Å². The van der Waals surface area contributed by atoms with E-state index in [1.807, 2.05) is 0 Å². The van der Waals surface area contributed by atoms with Gasteiger partial charge >= 0.3 is 0 Å². The molecule has 0 bridgehead atoms. The van der Waals surface area contributed by atoms with Gasteiger partial charge in [0.2, 0.25) is 0 Å². The van der Waals surface area contributed by atoms with Gasteiger partial charge in [-0.15, -0.1) is 0 Å². The van der Waals surface area contributed by atoms with Gasteiger partial charge in [0.05, 0.1) is 11.7 Å². The summed E-state index contributed by atoms with van der Waals surface area (Å²) in [5, 5.41) is 0.429. The van der Waals surface area contributed by atoms with Crippen molar-refractivity contribution in [3.63, 3.8) is 0 Å². The summed E-state index contributed by atoms with van der Waals surface area (Å²) >= 11 is 5.79. The fourth-order valence-electron chi connectivity index (χ4n) is 2.70. The molecule has 1 aliphatic heterocycles. The van der Waals surface area contributed by atoms with E-state index in [1.54, 1.807) is 30.7 Å². The summed E-state index contributed by atoms with van der Waals surface area (Å²) in [7, 11) is 0. The van der Waals surface area contributed by atoms with E-state index in [0.29, 0.717) is 17.1 Å². The smallest absolute Gasteiger partial charge is 0.129 e. The fourth-order valence-corrected chi connectivity index (χ4v) is 2.86. The Hall–Kier alpha value is -1.52. The van der Waals surface area contributed by atoms with E-state index in [-0.39, 0.29) is 11.9 Å². The number of benzene rings is 1. The summed E-state index contributed by atoms with van der Waals surface area (Å²) in [5.74, 6) is -0.248. The van der Waals surface area contributed by atoms with E-state index in [9.17, 15) is 4.39 Å². The minimum atomic E-state index is -0.248. The van der Waals surface area contributed by atoms with E-state index >= 15 is 0 Å². The topological polar surface area (TPSA) is 29.0 Å². The Morgan fingerprint density at radius 2 is 2.25 bits per heavy atom. The van der Waals surface area contributed by atoms with Crippen molar-refractivity contribution in [1.82, 2.24) is 14.9 Å². The summed E-state index contributed by atoms with van der Waals surface area (Å²) < 4.78 is 13.9. The van der Waals surface area contributed by atoms with Crippen molar-refractivity contribution < 1.29 is 4.39 Å². The molecule has 0 unspecified atom stereocenters. The summed E-state index contributed by atoms with van der Waals surface area (Å²) in [6.07, 6.45) is 7.29. The monoisotopic (exact) mass is 291 g/mol. The molecule has 1 aromatic heterocycles. The Bertz CT molecular complexity index is 591. The second kappa shape index (κ2) is 5.85. The van der Waals surface area contributed by atoms with Crippen LogP contribution in [0, 0.1) is 5.82 Å². The standard InChI is InChI=1S/C15H15ClFN3/c16-12-4-3-11(13(17)8-12)10-20-7-1-2-15(20)14-9-18-5-6-19-14/h3-6,8-9,15H,1-2,7,10H2/t15-/m0/s1. The quantitative estimate of drug-likeness (QED) is 0.865. The number of nitrogens with zero attached hydrogens (tertiary/aromatic N) is 3. The molecule has 2 heterocycles. The molecular weight excluding hydrogens is 277 g/mol. The lowest BCUT2D eigenvalue weighted by atomic mass is 10.1. The number of rotatable bonds is 3. The Morgan fingerprint density at radius 1 is 1.35 bits per heavy atom. The van der Waals surface area contributed by atoms with Gasteiger partial charge in [-0.25, -0.2) is 4.39 Å². The van der Waals surface area contributed by atoms with Crippen molar-refractivity contribution in [3.8, 4) is 0 Å². The molecule has 1 aliphatic rings. The maximum absolute atomic E-state index is 13.9. The lowest BCUT2D eigenvalue weighted by molar-refractivity contribution is 0.240. The average Bonchev–Trinajstić information content (AvgIpc) is 2.91. The summed E-state index contributed by atoms with van der Waals surface area (Å²) in [4.78, 5) is 10.7. The molecule has 0 N–H and O–H groups in total. The number of aromatic nitrogens is 2. The summed E-state index contributed by atoms with van der Waals surface area (Å²) in [6, 6.07) is 5.07. The predicted octanol–water partition coefficient (Wildman–Crippen LogP) is 3.61.